The molecule has 3 nitrogen and oxygen atoms in total. The van der Waals surface area contributed by atoms with Crippen LogP contribution in [0.1, 0.15) is 10.4 Å². The van der Waals surface area contributed by atoms with Crippen molar-refractivity contribution in [3.05, 3.63) is 66.4 Å². The first kappa shape index (κ1) is 11.5. The molecule has 0 aliphatic rings. The van der Waals surface area contributed by atoms with Crippen LogP contribution in [0, 0.1) is 0 Å². The van der Waals surface area contributed by atoms with Gasteiger partial charge in [-0.05, 0) is 36.4 Å². The van der Waals surface area contributed by atoms with E-state index in [0.717, 1.165) is 16.6 Å². The molecule has 0 spiro atoms. The molecule has 0 aliphatic carbocycles. The van der Waals surface area contributed by atoms with Gasteiger partial charge >= 0.3 is 0 Å². The van der Waals surface area contributed by atoms with Crippen LogP contribution in [0.5, 0.6) is 0 Å². The van der Waals surface area contributed by atoms with E-state index >= 15 is 0 Å². The molecule has 19 heavy (non-hydrogen) atoms. The average molecular weight is 250 g/mol. The van der Waals surface area contributed by atoms with E-state index in [9.17, 15) is 4.79 Å². The number of carbonyl (C=O) groups excluding carboxylic acids is 1. The number of carbonyl (C=O) groups is 1. The van der Waals surface area contributed by atoms with Crippen LogP contribution in [0.4, 0.5) is 5.69 Å². The third-order valence-electron chi connectivity index (χ3n) is 3.18. The van der Waals surface area contributed by atoms with Crippen molar-refractivity contribution in [3.8, 4) is 0 Å². The first-order valence-corrected chi connectivity index (χ1v) is 6.15. The van der Waals surface area contributed by atoms with Crippen molar-refractivity contribution in [1.82, 2.24) is 4.57 Å². The van der Waals surface area contributed by atoms with E-state index < -0.39 is 0 Å². The maximum atomic E-state index is 12.0. The zero-order chi connectivity index (χ0) is 13.2. The Morgan fingerprint density at radius 1 is 1.05 bits per heavy atom. The molecule has 1 N–H and O–H groups in total. The minimum atomic E-state index is -0.0871. The smallest absolute Gasteiger partial charge is 0.255 e. The van der Waals surface area contributed by atoms with E-state index in [4.69, 9.17) is 0 Å². The van der Waals surface area contributed by atoms with E-state index in [1.54, 1.807) is 12.1 Å². The van der Waals surface area contributed by atoms with Gasteiger partial charge < -0.3 is 9.88 Å². The number of nitrogens with one attached hydrogen (secondary N) is 1. The Morgan fingerprint density at radius 2 is 1.84 bits per heavy atom. The number of anilines is 1. The third kappa shape index (κ3) is 2.22. The number of hydrogen-bond donors (Lipinski definition) is 1. The van der Waals surface area contributed by atoms with Crippen LogP contribution in [-0.4, -0.2) is 10.5 Å². The predicted molar refractivity (Wildman–Crippen MR) is 77.3 cm³/mol. The summed E-state index contributed by atoms with van der Waals surface area (Å²) in [5, 5.41) is 4.03. The molecule has 3 aromatic rings. The Balaban J connectivity index is 1.87. The molecule has 0 aliphatic heterocycles. The molecule has 0 unspecified atom stereocenters. The number of fused-ring (bicyclic) bond motifs is 1. The summed E-state index contributed by atoms with van der Waals surface area (Å²) < 4.78 is 2.05. The SMILES string of the molecule is Cn1ccc2cc(NC(=O)c3ccccc3)ccc21. The normalized spacial score (nSPS) is 10.6. The van der Waals surface area contributed by atoms with Crippen LogP contribution in [0.2, 0.25) is 0 Å². The second-order valence-electron chi connectivity index (χ2n) is 4.52. The summed E-state index contributed by atoms with van der Waals surface area (Å²) in [7, 11) is 2.00. The summed E-state index contributed by atoms with van der Waals surface area (Å²) in [4.78, 5) is 12.0. The topological polar surface area (TPSA) is 34.0 Å². The number of aromatic nitrogens is 1. The molecule has 1 heterocycles. The van der Waals surface area contributed by atoms with Gasteiger partial charge in [-0.2, -0.15) is 0 Å². The summed E-state index contributed by atoms with van der Waals surface area (Å²) >= 11 is 0. The zero-order valence-corrected chi connectivity index (χ0v) is 10.6. The van der Waals surface area contributed by atoms with Crippen molar-refractivity contribution in [2.45, 2.75) is 0 Å². The van der Waals surface area contributed by atoms with Gasteiger partial charge in [-0.25, -0.2) is 0 Å². The van der Waals surface area contributed by atoms with Gasteiger partial charge in [0, 0.05) is 35.4 Å². The largest absolute Gasteiger partial charge is 0.351 e. The molecule has 0 bridgehead atoms. The molecule has 0 saturated carbocycles. The van der Waals surface area contributed by atoms with Crippen molar-refractivity contribution in [2.24, 2.45) is 7.05 Å². The number of rotatable bonds is 2. The molecule has 1 aromatic heterocycles. The van der Waals surface area contributed by atoms with Crippen LogP contribution in [0.3, 0.4) is 0 Å². The molecule has 0 fully saturated rings. The minimum Gasteiger partial charge on any atom is -0.351 e. The fourth-order valence-electron chi connectivity index (χ4n) is 2.15. The number of aryl methyl sites for hydroxylation is 1. The average Bonchev–Trinajstić information content (AvgIpc) is 2.81. The zero-order valence-electron chi connectivity index (χ0n) is 10.6. The van der Waals surface area contributed by atoms with E-state index in [1.807, 2.05) is 55.7 Å². The minimum absolute atomic E-state index is 0.0871. The standard InChI is InChI=1S/C16H14N2O/c1-18-10-9-13-11-14(7-8-15(13)18)17-16(19)12-5-3-2-4-6-12/h2-11H,1H3,(H,17,19). The van der Waals surface area contributed by atoms with Crippen molar-refractivity contribution < 1.29 is 4.79 Å². The summed E-state index contributed by atoms with van der Waals surface area (Å²) in [6, 6.07) is 17.2. The number of nitrogens with zero attached hydrogens (tertiary/aromatic N) is 1. The number of benzene rings is 2. The highest BCUT2D eigenvalue weighted by Crippen LogP contribution is 2.20. The Labute approximate surface area is 111 Å². The van der Waals surface area contributed by atoms with Crippen LogP contribution in [-0.2, 0) is 7.05 Å². The van der Waals surface area contributed by atoms with Gasteiger partial charge in [-0.3, -0.25) is 4.79 Å². The Hall–Kier alpha value is -2.55. The quantitative estimate of drug-likeness (QED) is 0.742. The monoisotopic (exact) mass is 250 g/mol. The lowest BCUT2D eigenvalue weighted by molar-refractivity contribution is 0.102. The van der Waals surface area contributed by atoms with Crippen LogP contribution >= 0.6 is 0 Å². The maximum Gasteiger partial charge on any atom is 0.255 e. The summed E-state index contributed by atoms with van der Waals surface area (Å²) in [6.07, 6.45) is 2.01. The number of hydrogen-bond acceptors (Lipinski definition) is 1. The van der Waals surface area contributed by atoms with Crippen molar-refractivity contribution in [2.75, 3.05) is 5.32 Å². The van der Waals surface area contributed by atoms with E-state index in [0.29, 0.717) is 5.56 Å². The Bertz CT molecular complexity index is 729. The van der Waals surface area contributed by atoms with Crippen LogP contribution < -0.4 is 5.32 Å². The molecule has 2 aromatic carbocycles. The Kier molecular flexibility index (Phi) is 2.80. The molecule has 0 atom stereocenters. The van der Waals surface area contributed by atoms with Gasteiger partial charge in [-0.1, -0.05) is 18.2 Å². The molecular weight excluding hydrogens is 236 g/mol. The second kappa shape index (κ2) is 4.61. The number of amides is 1. The summed E-state index contributed by atoms with van der Waals surface area (Å²) in [5.41, 5.74) is 2.63. The van der Waals surface area contributed by atoms with Gasteiger partial charge in [0.25, 0.3) is 5.91 Å². The molecule has 0 saturated heterocycles. The first-order chi connectivity index (χ1) is 9.24. The molecule has 3 rings (SSSR count). The first-order valence-electron chi connectivity index (χ1n) is 6.15. The summed E-state index contributed by atoms with van der Waals surface area (Å²) in [5.74, 6) is -0.0871. The fourth-order valence-corrected chi connectivity index (χ4v) is 2.15. The van der Waals surface area contributed by atoms with E-state index in [1.165, 1.54) is 0 Å². The van der Waals surface area contributed by atoms with Gasteiger partial charge in [-0.15, -0.1) is 0 Å². The van der Waals surface area contributed by atoms with Crippen molar-refractivity contribution in [1.29, 1.82) is 0 Å². The van der Waals surface area contributed by atoms with Gasteiger partial charge in [0.1, 0.15) is 0 Å². The lowest BCUT2D eigenvalue weighted by atomic mass is 10.2. The predicted octanol–water partition coefficient (Wildman–Crippen LogP) is 3.43. The van der Waals surface area contributed by atoms with Gasteiger partial charge in [0.15, 0.2) is 0 Å². The third-order valence-corrected chi connectivity index (χ3v) is 3.18. The van der Waals surface area contributed by atoms with Crippen molar-refractivity contribution in [3.63, 3.8) is 0 Å². The van der Waals surface area contributed by atoms with E-state index in [-0.39, 0.29) is 5.91 Å². The van der Waals surface area contributed by atoms with E-state index in [2.05, 4.69) is 9.88 Å². The Morgan fingerprint density at radius 3 is 2.63 bits per heavy atom. The molecule has 0 radical (unpaired) electrons. The molecule has 3 heteroatoms. The van der Waals surface area contributed by atoms with Crippen molar-refractivity contribution >= 4 is 22.5 Å². The summed E-state index contributed by atoms with van der Waals surface area (Å²) in [6.45, 7) is 0. The highest BCUT2D eigenvalue weighted by Gasteiger charge is 2.06. The van der Waals surface area contributed by atoms with Crippen LogP contribution in [0.25, 0.3) is 10.9 Å². The molecule has 94 valence electrons. The fraction of sp³-hybridized carbons (Fsp3) is 0.0625. The highest BCUT2D eigenvalue weighted by atomic mass is 16.1. The van der Waals surface area contributed by atoms with Crippen LogP contribution in [0.15, 0.2) is 60.8 Å². The molecular formula is C16H14N2O. The van der Waals surface area contributed by atoms with Gasteiger partial charge in [0.2, 0.25) is 0 Å². The second-order valence-corrected chi connectivity index (χ2v) is 4.52. The lowest BCUT2D eigenvalue weighted by Gasteiger charge is -2.05. The van der Waals surface area contributed by atoms with Gasteiger partial charge in [0.05, 0.1) is 0 Å². The molecule has 1 amide bonds. The highest BCUT2D eigenvalue weighted by molar-refractivity contribution is 6.05. The maximum absolute atomic E-state index is 12.0. The lowest BCUT2D eigenvalue weighted by Crippen LogP contribution is -2.11.